The van der Waals surface area contributed by atoms with Crippen molar-refractivity contribution in [3.63, 3.8) is 0 Å². The predicted molar refractivity (Wildman–Crippen MR) is 56.7 cm³/mol. The van der Waals surface area contributed by atoms with Gasteiger partial charge in [-0.25, -0.2) is 0 Å². The molecule has 2 nitrogen and oxygen atoms in total. The quantitative estimate of drug-likeness (QED) is 0.849. The lowest BCUT2D eigenvalue weighted by Gasteiger charge is -2.11. The summed E-state index contributed by atoms with van der Waals surface area (Å²) in [6.45, 7) is 0. The van der Waals surface area contributed by atoms with Gasteiger partial charge >= 0.3 is 6.18 Å². The maximum atomic E-state index is 12.7. The molecule has 1 heterocycles. The van der Waals surface area contributed by atoms with Crippen molar-refractivity contribution in [2.24, 2.45) is 0 Å². The van der Waals surface area contributed by atoms with Gasteiger partial charge in [-0.15, -0.1) is 0 Å². The van der Waals surface area contributed by atoms with Crippen LogP contribution in [-0.2, 0) is 6.18 Å². The third-order valence-electron chi connectivity index (χ3n) is 2.09. The lowest BCUT2D eigenvalue weighted by molar-refractivity contribution is -0.137. The Bertz CT molecular complexity index is 505. The van der Waals surface area contributed by atoms with Crippen LogP contribution in [0.2, 0.25) is 0 Å². The third-order valence-corrected chi connectivity index (χ3v) is 2.70. The molecule has 0 saturated carbocycles. The van der Waals surface area contributed by atoms with E-state index in [1.54, 1.807) is 6.07 Å². The van der Waals surface area contributed by atoms with E-state index in [2.05, 4.69) is 26.1 Å². The summed E-state index contributed by atoms with van der Waals surface area (Å²) < 4.78 is 38.7. The van der Waals surface area contributed by atoms with E-state index < -0.39 is 11.7 Å². The van der Waals surface area contributed by atoms with Gasteiger partial charge in [0, 0.05) is 5.56 Å². The van der Waals surface area contributed by atoms with Crippen molar-refractivity contribution in [2.45, 2.75) is 6.18 Å². The standard InChI is InChI=1S/C10H6BrF3N2/c11-8-5-15-16-9(8)6-3-1-2-4-7(6)10(12,13)14/h1-5H,(H,15,16). The molecule has 2 rings (SSSR count). The first-order valence-electron chi connectivity index (χ1n) is 4.35. The molecule has 6 heteroatoms. The largest absolute Gasteiger partial charge is 0.417 e. The van der Waals surface area contributed by atoms with E-state index in [9.17, 15) is 13.2 Å². The minimum absolute atomic E-state index is 0.0828. The van der Waals surface area contributed by atoms with Crippen molar-refractivity contribution in [2.75, 3.05) is 0 Å². The Morgan fingerprint density at radius 2 is 1.88 bits per heavy atom. The van der Waals surface area contributed by atoms with Crippen LogP contribution in [0.15, 0.2) is 34.9 Å². The summed E-state index contributed by atoms with van der Waals surface area (Å²) in [5.41, 5.74) is -0.271. The average Bonchev–Trinajstić information content (AvgIpc) is 2.63. The molecule has 2 aromatic rings. The van der Waals surface area contributed by atoms with Crippen LogP contribution < -0.4 is 0 Å². The molecule has 16 heavy (non-hydrogen) atoms. The second-order valence-corrected chi connectivity index (χ2v) is 3.99. The zero-order chi connectivity index (χ0) is 11.8. The number of halogens is 4. The fourth-order valence-corrected chi connectivity index (χ4v) is 1.81. The normalized spacial score (nSPS) is 11.8. The minimum atomic E-state index is -4.37. The van der Waals surface area contributed by atoms with E-state index in [0.717, 1.165) is 6.07 Å². The Morgan fingerprint density at radius 1 is 1.19 bits per heavy atom. The fraction of sp³-hybridized carbons (Fsp3) is 0.100. The molecule has 0 bridgehead atoms. The Labute approximate surface area is 97.6 Å². The van der Waals surface area contributed by atoms with Crippen LogP contribution in [0.5, 0.6) is 0 Å². The van der Waals surface area contributed by atoms with Gasteiger partial charge in [0.15, 0.2) is 0 Å². The van der Waals surface area contributed by atoms with Crippen molar-refractivity contribution < 1.29 is 13.2 Å². The second-order valence-electron chi connectivity index (χ2n) is 3.14. The van der Waals surface area contributed by atoms with Gasteiger partial charge in [-0.3, -0.25) is 5.10 Å². The SMILES string of the molecule is FC(F)(F)c1ccccc1-c1[nH]ncc1Br. The van der Waals surface area contributed by atoms with Crippen LogP contribution in [0.4, 0.5) is 13.2 Å². The summed E-state index contributed by atoms with van der Waals surface area (Å²) in [7, 11) is 0. The van der Waals surface area contributed by atoms with Crippen LogP contribution in [0, 0.1) is 0 Å². The van der Waals surface area contributed by atoms with E-state index in [1.807, 2.05) is 0 Å². The number of H-pyrrole nitrogens is 1. The monoisotopic (exact) mass is 290 g/mol. The van der Waals surface area contributed by atoms with E-state index in [-0.39, 0.29) is 5.56 Å². The number of hydrogen-bond acceptors (Lipinski definition) is 1. The van der Waals surface area contributed by atoms with Gasteiger partial charge in [0.1, 0.15) is 0 Å². The number of nitrogens with zero attached hydrogens (tertiary/aromatic N) is 1. The van der Waals surface area contributed by atoms with Crippen molar-refractivity contribution in [1.29, 1.82) is 0 Å². The van der Waals surface area contributed by atoms with Gasteiger partial charge in [-0.1, -0.05) is 18.2 Å². The molecule has 1 N–H and O–H groups in total. The predicted octanol–water partition coefficient (Wildman–Crippen LogP) is 3.86. The number of alkyl halides is 3. The van der Waals surface area contributed by atoms with Crippen LogP contribution in [0.1, 0.15) is 5.56 Å². The fourth-order valence-electron chi connectivity index (χ4n) is 1.41. The highest BCUT2D eigenvalue weighted by Crippen LogP contribution is 2.38. The topological polar surface area (TPSA) is 28.7 Å². The molecule has 0 aliphatic carbocycles. The maximum absolute atomic E-state index is 12.7. The maximum Gasteiger partial charge on any atom is 0.417 e. The molecule has 0 spiro atoms. The molecule has 0 radical (unpaired) electrons. The number of rotatable bonds is 1. The number of benzene rings is 1. The molecule has 0 unspecified atom stereocenters. The zero-order valence-corrected chi connectivity index (χ0v) is 9.43. The molecule has 0 aliphatic rings. The van der Waals surface area contributed by atoms with E-state index >= 15 is 0 Å². The third kappa shape index (κ3) is 1.97. The highest BCUT2D eigenvalue weighted by atomic mass is 79.9. The molecular formula is C10H6BrF3N2. The molecule has 0 amide bonds. The first-order valence-corrected chi connectivity index (χ1v) is 5.15. The summed E-state index contributed by atoms with van der Waals surface area (Å²) in [5, 5.41) is 6.22. The van der Waals surface area contributed by atoms with Gasteiger partial charge < -0.3 is 0 Å². The lowest BCUT2D eigenvalue weighted by atomic mass is 10.0. The summed E-state index contributed by atoms with van der Waals surface area (Å²) in [6, 6.07) is 5.36. The molecule has 1 aromatic carbocycles. The highest BCUT2D eigenvalue weighted by molar-refractivity contribution is 9.10. The molecule has 84 valence electrons. The summed E-state index contributed by atoms with van der Waals surface area (Å²) in [5.74, 6) is 0. The van der Waals surface area contributed by atoms with Crippen molar-refractivity contribution in [1.82, 2.24) is 10.2 Å². The van der Waals surface area contributed by atoms with Gasteiger partial charge in [0.25, 0.3) is 0 Å². The smallest absolute Gasteiger partial charge is 0.277 e. The summed E-state index contributed by atoms with van der Waals surface area (Å²) in [6.07, 6.45) is -2.95. The second kappa shape index (κ2) is 3.93. The average molecular weight is 291 g/mol. The number of aromatic amines is 1. The van der Waals surface area contributed by atoms with Crippen LogP contribution in [-0.4, -0.2) is 10.2 Å². The van der Waals surface area contributed by atoms with Crippen molar-refractivity contribution in [3.8, 4) is 11.3 Å². The van der Waals surface area contributed by atoms with Crippen LogP contribution >= 0.6 is 15.9 Å². The van der Waals surface area contributed by atoms with Crippen molar-refractivity contribution >= 4 is 15.9 Å². The molecule has 0 saturated heterocycles. The Balaban J connectivity index is 2.62. The van der Waals surface area contributed by atoms with Gasteiger partial charge in [0.2, 0.25) is 0 Å². The van der Waals surface area contributed by atoms with Crippen molar-refractivity contribution in [3.05, 3.63) is 40.5 Å². The molecular weight excluding hydrogens is 285 g/mol. The Hall–Kier alpha value is -1.30. The van der Waals surface area contributed by atoms with Gasteiger partial charge in [0.05, 0.1) is 21.9 Å². The van der Waals surface area contributed by atoms with E-state index in [0.29, 0.717) is 10.2 Å². The number of aromatic nitrogens is 2. The van der Waals surface area contributed by atoms with Crippen LogP contribution in [0.25, 0.3) is 11.3 Å². The summed E-state index contributed by atoms with van der Waals surface area (Å²) >= 11 is 3.14. The minimum Gasteiger partial charge on any atom is -0.277 e. The summed E-state index contributed by atoms with van der Waals surface area (Å²) in [4.78, 5) is 0. The molecule has 0 fully saturated rings. The van der Waals surface area contributed by atoms with Gasteiger partial charge in [-0.2, -0.15) is 18.3 Å². The molecule has 0 atom stereocenters. The van der Waals surface area contributed by atoms with E-state index in [1.165, 1.54) is 18.3 Å². The molecule has 0 aliphatic heterocycles. The first-order chi connectivity index (χ1) is 7.50. The number of nitrogens with one attached hydrogen (secondary N) is 1. The molecule has 1 aromatic heterocycles. The van der Waals surface area contributed by atoms with Gasteiger partial charge in [-0.05, 0) is 22.0 Å². The van der Waals surface area contributed by atoms with E-state index in [4.69, 9.17) is 0 Å². The first kappa shape index (κ1) is 11.2. The highest BCUT2D eigenvalue weighted by Gasteiger charge is 2.33. The van der Waals surface area contributed by atoms with Crippen LogP contribution in [0.3, 0.4) is 0 Å². The zero-order valence-electron chi connectivity index (χ0n) is 7.85. The Morgan fingerprint density at radius 3 is 2.44 bits per heavy atom. The lowest BCUT2D eigenvalue weighted by Crippen LogP contribution is -2.07. The Kier molecular flexibility index (Phi) is 2.75. The number of hydrogen-bond donors (Lipinski definition) is 1.